The van der Waals surface area contributed by atoms with Crippen molar-refractivity contribution in [2.45, 2.75) is 33.9 Å². The van der Waals surface area contributed by atoms with Gasteiger partial charge in [-0.1, -0.05) is 48.5 Å². The normalized spacial score (nSPS) is 15.3. The van der Waals surface area contributed by atoms with Gasteiger partial charge in [0.2, 0.25) is 0 Å². The Morgan fingerprint density at radius 2 is 1.26 bits per heavy atom. The highest BCUT2D eigenvalue weighted by atomic mass is 15.5. The van der Waals surface area contributed by atoms with Crippen molar-refractivity contribution in [2.24, 2.45) is 0 Å². The predicted octanol–water partition coefficient (Wildman–Crippen LogP) is 6.70. The summed E-state index contributed by atoms with van der Waals surface area (Å²) >= 11 is 0. The second-order valence-electron chi connectivity index (χ2n) is 8.18. The lowest BCUT2D eigenvalue weighted by Gasteiger charge is -2.30. The van der Waals surface area contributed by atoms with Gasteiger partial charge in [-0.2, -0.15) is 0 Å². The minimum Gasteiger partial charge on any atom is -0.302 e. The summed E-state index contributed by atoms with van der Waals surface area (Å²) in [5, 5.41) is 0. The average Bonchev–Trinajstić information content (AvgIpc) is 3.06. The van der Waals surface area contributed by atoms with Crippen LogP contribution in [0, 0.1) is 20.8 Å². The van der Waals surface area contributed by atoms with Crippen LogP contribution < -0.4 is 9.80 Å². The molecule has 1 aliphatic heterocycles. The summed E-state index contributed by atoms with van der Waals surface area (Å²) in [5.41, 5.74) is 8.58. The molecule has 31 heavy (non-hydrogen) atoms. The molecule has 1 aromatic heterocycles. The molecule has 0 bridgehead atoms. The van der Waals surface area contributed by atoms with Gasteiger partial charge in [0, 0.05) is 23.8 Å². The minimum atomic E-state index is 0.0554. The average molecular weight is 407 g/mol. The molecule has 3 aromatic carbocycles. The molecule has 0 aliphatic carbocycles. The molecule has 2 heterocycles. The molecule has 154 valence electrons. The molecule has 1 atom stereocenters. The van der Waals surface area contributed by atoms with Gasteiger partial charge in [0.05, 0.1) is 0 Å². The van der Waals surface area contributed by atoms with E-state index in [1.165, 1.54) is 27.8 Å². The first-order valence-electron chi connectivity index (χ1n) is 10.7. The maximum atomic E-state index is 4.73. The van der Waals surface area contributed by atoms with Crippen molar-refractivity contribution < 1.29 is 0 Å². The minimum absolute atomic E-state index is 0.0554. The standard InChI is InChI=1S/C27H26N4/c1-18-10-8-9-13-24(18)31-21(4)30(26-27(31)29-15-14-28-26)23-16-19(2)25(20(3)17-23)22-11-6-5-7-12-22/h5-17,21H,1-4H3. The number of rotatable bonds is 3. The zero-order valence-electron chi connectivity index (χ0n) is 18.4. The van der Waals surface area contributed by atoms with Crippen molar-refractivity contribution in [3.63, 3.8) is 0 Å². The summed E-state index contributed by atoms with van der Waals surface area (Å²) in [7, 11) is 0. The first-order chi connectivity index (χ1) is 15.1. The molecule has 0 spiro atoms. The molecule has 0 amide bonds. The van der Waals surface area contributed by atoms with Gasteiger partial charge in [-0.05, 0) is 73.7 Å². The zero-order valence-corrected chi connectivity index (χ0v) is 18.4. The van der Waals surface area contributed by atoms with E-state index in [4.69, 9.17) is 9.97 Å². The van der Waals surface area contributed by atoms with Crippen LogP contribution in [0.3, 0.4) is 0 Å². The number of benzene rings is 3. The lowest BCUT2D eigenvalue weighted by molar-refractivity contribution is 0.752. The molecule has 4 aromatic rings. The second-order valence-corrected chi connectivity index (χ2v) is 8.18. The van der Waals surface area contributed by atoms with E-state index in [2.05, 4.69) is 104 Å². The Morgan fingerprint density at radius 1 is 0.677 bits per heavy atom. The molecular formula is C27H26N4. The number of fused-ring (bicyclic) bond motifs is 1. The number of hydrogen-bond donors (Lipinski definition) is 0. The summed E-state index contributed by atoms with van der Waals surface area (Å²) in [6.45, 7) is 8.74. The highest BCUT2D eigenvalue weighted by Crippen LogP contribution is 2.46. The Kier molecular flexibility index (Phi) is 4.70. The van der Waals surface area contributed by atoms with E-state index in [1.807, 2.05) is 0 Å². The van der Waals surface area contributed by atoms with Gasteiger partial charge in [0.25, 0.3) is 0 Å². The second kappa shape index (κ2) is 7.55. The Labute approximate surface area is 183 Å². The van der Waals surface area contributed by atoms with Crippen molar-refractivity contribution in [1.82, 2.24) is 9.97 Å². The quantitative estimate of drug-likeness (QED) is 0.379. The van der Waals surface area contributed by atoms with Crippen LogP contribution in [0.5, 0.6) is 0 Å². The van der Waals surface area contributed by atoms with Gasteiger partial charge in [-0.3, -0.25) is 0 Å². The molecular weight excluding hydrogens is 380 g/mol. The molecule has 0 radical (unpaired) electrons. The van der Waals surface area contributed by atoms with Gasteiger partial charge in [-0.15, -0.1) is 0 Å². The van der Waals surface area contributed by atoms with Crippen molar-refractivity contribution in [1.29, 1.82) is 0 Å². The third-order valence-corrected chi connectivity index (χ3v) is 6.10. The van der Waals surface area contributed by atoms with Gasteiger partial charge in [0.15, 0.2) is 11.6 Å². The van der Waals surface area contributed by atoms with E-state index in [9.17, 15) is 0 Å². The SMILES string of the molecule is Cc1ccccc1N1c2nccnc2N(c2cc(C)c(-c3ccccc3)c(C)c2)C1C. The summed E-state index contributed by atoms with van der Waals surface area (Å²) in [6.07, 6.45) is 3.60. The van der Waals surface area contributed by atoms with Crippen LogP contribution in [-0.2, 0) is 0 Å². The van der Waals surface area contributed by atoms with Crippen LogP contribution in [-0.4, -0.2) is 16.1 Å². The van der Waals surface area contributed by atoms with E-state index in [-0.39, 0.29) is 6.17 Å². The van der Waals surface area contributed by atoms with E-state index < -0.39 is 0 Å². The van der Waals surface area contributed by atoms with E-state index in [0.29, 0.717) is 0 Å². The molecule has 4 heteroatoms. The number of nitrogens with zero attached hydrogens (tertiary/aromatic N) is 4. The van der Waals surface area contributed by atoms with Gasteiger partial charge >= 0.3 is 0 Å². The van der Waals surface area contributed by atoms with Gasteiger partial charge in [-0.25, -0.2) is 9.97 Å². The van der Waals surface area contributed by atoms with Gasteiger partial charge in [0.1, 0.15) is 6.17 Å². The summed E-state index contributed by atoms with van der Waals surface area (Å²) < 4.78 is 0. The Hall–Kier alpha value is -3.66. The molecule has 5 rings (SSSR count). The smallest absolute Gasteiger partial charge is 0.178 e. The first-order valence-corrected chi connectivity index (χ1v) is 10.7. The van der Waals surface area contributed by atoms with Crippen molar-refractivity contribution in [3.05, 3.63) is 95.8 Å². The molecule has 0 N–H and O–H groups in total. The zero-order chi connectivity index (χ0) is 21.5. The maximum Gasteiger partial charge on any atom is 0.178 e. The van der Waals surface area contributed by atoms with Crippen molar-refractivity contribution >= 4 is 23.0 Å². The Balaban J connectivity index is 1.64. The molecule has 4 nitrogen and oxygen atoms in total. The largest absolute Gasteiger partial charge is 0.302 e. The predicted molar refractivity (Wildman–Crippen MR) is 128 cm³/mol. The third-order valence-electron chi connectivity index (χ3n) is 6.10. The summed E-state index contributed by atoms with van der Waals surface area (Å²) in [6, 6.07) is 23.6. The first kappa shape index (κ1) is 19.3. The number of para-hydroxylation sites is 1. The number of hydrogen-bond acceptors (Lipinski definition) is 4. The number of aryl methyl sites for hydroxylation is 3. The highest BCUT2D eigenvalue weighted by Gasteiger charge is 2.38. The lowest BCUT2D eigenvalue weighted by Crippen LogP contribution is -2.36. The van der Waals surface area contributed by atoms with Crippen LogP contribution in [0.2, 0.25) is 0 Å². The molecule has 0 saturated carbocycles. The van der Waals surface area contributed by atoms with E-state index >= 15 is 0 Å². The third kappa shape index (κ3) is 3.15. The van der Waals surface area contributed by atoms with Gasteiger partial charge < -0.3 is 9.80 Å². The maximum absolute atomic E-state index is 4.73. The lowest BCUT2D eigenvalue weighted by atomic mass is 9.95. The monoisotopic (exact) mass is 406 g/mol. The van der Waals surface area contributed by atoms with Crippen LogP contribution in [0.25, 0.3) is 11.1 Å². The van der Waals surface area contributed by atoms with Crippen LogP contribution in [0.1, 0.15) is 23.6 Å². The van der Waals surface area contributed by atoms with Crippen LogP contribution in [0.4, 0.5) is 23.0 Å². The van der Waals surface area contributed by atoms with Crippen LogP contribution in [0.15, 0.2) is 79.1 Å². The molecule has 1 aliphatic rings. The Bertz CT molecular complexity index is 1230. The summed E-state index contributed by atoms with van der Waals surface area (Å²) in [4.78, 5) is 14.0. The topological polar surface area (TPSA) is 32.3 Å². The van der Waals surface area contributed by atoms with Crippen LogP contribution >= 0.6 is 0 Å². The number of anilines is 4. The van der Waals surface area contributed by atoms with Crippen molar-refractivity contribution in [2.75, 3.05) is 9.80 Å². The van der Waals surface area contributed by atoms with E-state index in [0.717, 1.165) is 23.0 Å². The molecule has 1 unspecified atom stereocenters. The highest BCUT2D eigenvalue weighted by molar-refractivity contribution is 5.85. The van der Waals surface area contributed by atoms with Crippen molar-refractivity contribution in [3.8, 4) is 11.1 Å². The fraction of sp³-hybridized carbons (Fsp3) is 0.185. The molecule has 0 fully saturated rings. The van der Waals surface area contributed by atoms with E-state index in [1.54, 1.807) is 12.4 Å². The Morgan fingerprint density at radius 3 is 1.90 bits per heavy atom. The fourth-order valence-corrected chi connectivity index (χ4v) is 4.76. The summed E-state index contributed by atoms with van der Waals surface area (Å²) in [5.74, 6) is 1.79. The number of aromatic nitrogens is 2. The molecule has 0 saturated heterocycles. The fourth-order valence-electron chi connectivity index (χ4n) is 4.76.